The van der Waals surface area contributed by atoms with E-state index in [0.29, 0.717) is 18.5 Å². The monoisotopic (exact) mass is 278 g/mol. The Bertz CT molecular complexity index is 565. The molecule has 0 amide bonds. The first-order valence-corrected chi connectivity index (χ1v) is 6.41. The molecule has 105 valence electrons. The molecule has 1 N–H and O–H groups in total. The second-order valence-corrected chi connectivity index (χ2v) is 4.42. The van der Waals surface area contributed by atoms with Crippen molar-refractivity contribution in [1.29, 1.82) is 0 Å². The van der Waals surface area contributed by atoms with Gasteiger partial charge in [-0.1, -0.05) is 30.4 Å². The van der Waals surface area contributed by atoms with Crippen LogP contribution in [0, 0.1) is 6.08 Å². The van der Waals surface area contributed by atoms with Gasteiger partial charge in [-0.15, -0.1) is 0 Å². The van der Waals surface area contributed by atoms with Gasteiger partial charge >= 0.3 is 6.18 Å². The molecule has 0 bridgehead atoms. The van der Waals surface area contributed by atoms with E-state index in [1.807, 2.05) is 19.1 Å². The number of halogens is 3. The van der Waals surface area contributed by atoms with Crippen molar-refractivity contribution in [3.05, 3.63) is 65.3 Å². The third-order valence-electron chi connectivity index (χ3n) is 2.97. The van der Waals surface area contributed by atoms with Crippen LogP contribution < -0.4 is 5.32 Å². The van der Waals surface area contributed by atoms with Crippen molar-refractivity contribution in [3.63, 3.8) is 0 Å². The van der Waals surface area contributed by atoms with Gasteiger partial charge in [0.05, 0.1) is 5.56 Å². The summed E-state index contributed by atoms with van der Waals surface area (Å²) < 4.78 is 38.4. The summed E-state index contributed by atoms with van der Waals surface area (Å²) in [5.41, 5.74) is 1.63. The van der Waals surface area contributed by atoms with Gasteiger partial charge < -0.3 is 5.32 Å². The van der Waals surface area contributed by atoms with Gasteiger partial charge in [0.25, 0.3) is 0 Å². The number of rotatable bonds is 3. The highest BCUT2D eigenvalue weighted by atomic mass is 19.4. The zero-order valence-electron chi connectivity index (χ0n) is 11.1. The number of allylic oxidation sites excluding steroid dienone is 5. The topological polar surface area (TPSA) is 12.0 Å². The van der Waals surface area contributed by atoms with Gasteiger partial charge in [-0.05, 0) is 42.7 Å². The van der Waals surface area contributed by atoms with Crippen molar-refractivity contribution >= 4 is 5.70 Å². The van der Waals surface area contributed by atoms with Crippen molar-refractivity contribution in [2.24, 2.45) is 0 Å². The molecule has 0 aliphatic heterocycles. The maximum Gasteiger partial charge on any atom is 0.416 e. The lowest BCUT2D eigenvalue weighted by Gasteiger charge is -2.16. The molecule has 0 atom stereocenters. The fraction of sp³-hybridized carbons (Fsp3) is 0.250. The van der Waals surface area contributed by atoms with Crippen molar-refractivity contribution in [3.8, 4) is 0 Å². The highest BCUT2D eigenvalue weighted by molar-refractivity contribution is 5.70. The molecule has 1 aromatic carbocycles. The predicted octanol–water partition coefficient (Wildman–Crippen LogP) is 4.35. The van der Waals surface area contributed by atoms with Crippen LogP contribution in [0.4, 0.5) is 13.2 Å². The van der Waals surface area contributed by atoms with Crippen LogP contribution in [0.25, 0.3) is 5.70 Å². The van der Waals surface area contributed by atoms with Crippen molar-refractivity contribution < 1.29 is 13.2 Å². The smallest absolute Gasteiger partial charge is 0.385 e. The number of alkyl halides is 3. The van der Waals surface area contributed by atoms with E-state index < -0.39 is 11.7 Å². The standard InChI is InChI=1S/C16H15F3N/c1-2-20-15(12-7-4-3-5-8-12)13-9-6-10-14(11-13)16(17,18)19/h4-7,9-11,20H,2,8H2,1H3. The quantitative estimate of drug-likeness (QED) is 0.867. The van der Waals surface area contributed by atoms with E-state index in [1.54, 1.807) is 12.1 Å². The highest BCUT2D eigenvalue weighted by Gasteiger charge is 2.30. The molecular formula is C16H15F3N. The molecule has 20 heavy (non-hydrogen) atoms. The van der Waals surface area contributed by atoms with E-state index in [-0.39, 0.29) is 0 Å². The van der Waals surface area contributed by atoms with Crippen LogP contribution in [0.2, 0.25) is 0 Å². The molecule has 0 heterocycles. The molecule has 1 aromatic rings. The second kappa shape index (κ2) is 5.99. The molecule has 1 nitrogen and oxygen atoms in total. The normalized spacial score (nSPS) is 17.2. The summed E-state index contributed by atoms with van der Waals surface area (Å²) in [4.78, 5) is 0. The molecule has 4 heteroatoms. The van der Waals surface area contributed by atoms with Gasteiger partial charge in [0.1, 0.15) is 0 Å². The van der Waals surface area contributed by atoms with Crippen LogP contribution in [-0.2, 0) is 6.18 Å². The highest BCUT2D eigenvalue weighted by Crippen LogP contribution is 2.31. The SMILES string of the molecule is CCNC(=C1C=C[C]=CC1)c1cccc(C(F)(F)F)c1. The lowest BCUT2D eigenvalue weighted by atomic mass is 9.99. The molecule has 2 rings (SSSR count). The maximum absolute atomic E-state index is 12.8. The molecule has 0 unspecified atom stereocenters. The molecule has 0 aromatic heterocycles. The molecule has 0 saturated heterocycles. The van der Waals surface area contributed by atoms with Gasteiger partial charge in [0, 0.05) is 12.2 Å². The van der Waals surface area contributed by atoms with Gasteiger partial charge in [0.15, 0.2) is 0 Å². The fourth-order valence-electron chi connectivity index (χ4n) is 2.07. The molecule has 0 saturated carbocycles. The number of hydrogen-bond acceptors (Lipinski definition) is 1. The third-order valence-corrected chi connectivity index (χ3v) is 2.97. The van der Waals surface area contributed by atoms with Crippen LogP contribution in [0.3, 0.4) is 0 Å². The Labute approximate surface area is 116 Å². The molecule has 1 aliphatic carbocycles. The number of nitrogens with one attached hydrogen (secondary N) is 1. The lowest BCUT2D eigenvalue weighted by Crippen LogP contribution is -2.14. The lowest BCUT2D eigenvalue weighted by molar-refractivity contribution is -0.137. The summed E-state index contributed by atoms with van der Waals surface area (Å²) in [6, 6.07) is 5.39. The van der Waals surface area contributed by atoms with Crippen LogP contribution in [0.15, 0.2) is 48.1 Å². The van der Waals surface area contributed by atoms with E-state index in [2.05, 4.69) is 11.4 Å². The van der Waals surface area contributed by atoms with Gasteiger partial charge in [-0.3, -0.25) is 0 Å². The summed E-state index contributed by atoms with van der Waals surface area (Å²) in [7, 11) is 0. The first-order valence-electron chi connectivity index (χ1n) is 6.41. The average Bonchev–Trinajstić information content (AvgIpc) is 2.45. The maximum atomic E-state index is 12.8. The Hall–Kier alpha value is -1.97. The Morgan fingerprint density at radius 1 is 1.35 bits per heavy atom. The van der Waals surface area contributed by atoms with Crippen LogP contribution in [0.5, 0.6) is 0 Å². The van der Waals surface area contributed by atoms with E-state index in [0.717, 1.165) is 17.3 Å². The first-order chi connectivity index (χ1) is 9.52. The Kier molecular flexibility index (Phi) is 4.32. The summed E-state index contributed by atoms with van der Waals surface area (Å²) >= 11 is 0. The number of hydrogen-bond donors (Lipinski definition) is 1. The van der Waals surface area contributed by atoms with Crippen LogP contribution in [0.1, 0.15) is 24.5 Å². The van der Waals surface area contributed by atoms with Crippen LogP contribution in [-0.4, -0.2) is 6.54 Å². The minimum Gasteiger partial charge on any atom is -0.385 e. The van der Waals surface area contributed by atoms with Crippen molar-refractivity contribution in [2.45, 2.75) is 19.5 Å². The van der Waals surface area contributed by atoms with E-state index >= 15 is 0 Å². The van der Waals surface area contributed by atoms with Gasteiger partial charge in [0.2, 0.25) is 0 Å². The van der Waals surface area contributed by atoms with Crippen LogP contribution >= 0.6 is 0 Å². The largest absolute Gasteiger partial charge is 0.416 e. The molecule has 0 fully saturated rings. The van der Waals surface area contributed by atoms with E-state index in [1.165, 1.54) is 12.1 Å². The summed E-state index contributed by atoms with van der Waals surface area (Å²) in [6.45, 7) is 2.57. The van der Waals surface area contributed by atoms with Gasteiger partial charge in [-0.2, -0.15) is 13.2 Å². The molecule has 0 spiro atoms. The van der Waals surface area contributed by atoms with E-state index in [9.17, 15) is 13.2 Å². The minimum absolute atomic E-state index is 0.552. The Morgan fingerprint density at radius 2 is 2.15 bits per heavy atom. The molecule has 1 radical (unpaired) electrons. The molecular weight excluding hydrogens is 263 g/mol. The fourth-order valence-corrected chi connectivity index (χ4v) is 2.07. The first kappa shape index (κ1) is 14.4. The summed E-state index contributed by atoms with van der Waals surface area (Å²) in [5.74, 6) is 0. The van der Waals surface area contributed by atoms with Gasteiger partial charge in [-0.25, -0.2) is 0 Å². The Balaban J connectivity index is 2.45. The predicted molar refractivity (Wildman–Crippen MR) is 73.6 cm³/mol. The zero-order chi connectivity index (χ0) is 14.6. The third kappa shape index (κ3) is 3.32. The zero-order valence-corrected chi connectivity index (χ0v) is 11.1. The summed E-state index contributed by atoms with van der Waals surface area (Å²) in [6.07, 6.45) is 4.79. The average molecular weight is 278 g/mol. The number of benzene rings is 1. The second-order valence-electron chi connectivity index (χ2n) is 4.42. The molecule has 1 aliphatic rings. The van der Waals surface area contributed by atoms with E-state index in [4.69, 9.17) is 0 Å². The summed E-state index contributed by atoms with van der Waals surface area (Å²) in [5, 5.41) is 3.16. The minimum atomic E-state index is -4.33. The van der Waals surface area contributed by atoms with Crippen molar-refractivity contribution in [1.82, 2.24) is 5.32 Å². The van der Waals surface area contributed by atoms with Crippen molar-refractivity contribution in [2.75, 3.05) is 6.54 Å². The Morgan fingerprint density at radius 3 is 2.75 bits per heavy atom.